The Labute approximate surface area is 215 Å². The summed E-state index contributed by atoms with van der Waals surface area (Å²) in [7, 11) is 0. The van der Waals surface area contributed by atoms with Crippen molar-refractivity contribution in [3.63, 3.8) is 0 Å². The van der Waals surface area contributed by atoms with Crippen LogP contribution in [0, 0.1) is 0 Å². The van der Waals surface area contributed by atoms with Crippen LogP contribution in [0.15, 0.2) is 29.5 Å². The minimum absolute atomic E-state index is 0.0761. The van der Waals surface area contributed by atoms with Crippen LogP contribution in [-0.2, 0) is 11.3 Å². The largest absolute Gasteiger partial charge is 0.477 e. The lowest BCUT2D eigenvalue weighted by atomic mass is 10.2. The molecule has 2 aliphatic heterocycles. The zero-order valence-corrected chi connectivity index (χ0v) is 21.0. The van der Waals surface area contributed by atoms with Crippen molar-refractivity contribution < 1.29 is 9.53 Å². The minimum Gasteiger partial charge on any atom is -0.477 e. The van der Waals surface area contributed by atoms with Gasteiger partial charge in [-0.05, 0) is 32.0 Å². The number of thiazole rings is 1. The maximum Gasteiger partial charge on any atom is 0.261 e. The summed E-state index contributed by atoms with van der Waals surface area (Å²) in [4.78, 5) is 37.2. The second-order valence-electron chi connectivity index (χ2n) is 9.67. The van der Waals surface area contributed by atoms with Crippen molar-refractivity contribution in [2.24, 2.45) is 0 Å². The zero-order chi connectivity index (χ0) is 24.9. The molecule has 7 heterocycles. The predicted octanol–water partition coefficient (Wildman–Crippen LogP) is 3.25. The van der Waals surface area contributed by atoms with Gasteiger partial charge in [-0.2, -0.15) is 10.2 Å². The number of carbonyl (C=O) groups is 1. The molecule has 0 radical (unpaired) electrons. The van der Waals surface area contributed by atoms with E-state index in [0.717, 1.165) is 60.0 Å². The summed E-state index contributed by atoms with van der Waals surface area (Å²) in [5.74, 6) is 0.680. The Morgan fingerprint density at radius 3 is 2.84 bits per heavy atom. The van der Waals surface area contributed by atoms with Crippen LogP contribution in [0.2, 0.25) is 0 Å². The molecule has 2 N–H and O–H groups in total. The van der Waals surface area contributed by atoms with Crippen LogP contribution >= 0.6 is 11.3 Å². The fourth-order valence-corrected chi connectivity index (χ4v) is 6.37. The van der Waals surface area contributed by atoms with Crippen LogP contribution in [0.5, 0.6) is 5.88 Å². The van der Waals surface area contributed by atoms with Gasteiger partial charge < -0.3 is 15.0 Å². The molecule has 0 aromatic carbocycles. The van der Waals surface area contributed by atoms with Gasteiger partial charge in [0.2, 0.25) is 11.8 Å². The van der Waals surface area contributed by atoms with Crippen molar-refractivity contribution >= 4 is 49.7 Å². The third-order valence-corrected chi connectivity index (χ3v) is 8.19. The van der Waals surface area contributed by atoms with Crippen molar-refractivity contribution in [1.29, 1.82) is 0 Å². The summed E-state index contributed by atoms with van der Waals surface area (Å²) in [5, 5.41) is 12.6. The first-order valence-corrected chi connectivity index (χ1v) is 13.5. The van der Waals surface area contributed by atoms with E-state index in [1.54, 1.807) is 23.0 Å². The monoisotopic (exact) mass is 518 g/mol. The fourth-order valence-electron chi connectivity index (χ4n) is 5.28. The zero-order valence-electron chi connectivity index (χ0n) is 20.2. The van der Waals surface area contributed by atoms with Crippen LogP contribution in [0.25, 0.3) is 37.2 Å². The van der Waals surface area contributed by atoms with Crippen LogP contribution in [0.1, 0.15) is 32.1 Å². The van der Waals surface area contributed by atoms with Crippen LogP contribution in [0.3, 0.4) is 0 Å². The summed E-state index contributed by atoms with van der Waals surface area (Å²) in [6, 6.07) is 1.75. The van der Waals surface area contributed by atoms with E-state index >= 15 is 0 Å². The standard InChI is InChI=1S/C25H26N8O3S/c34-19(14-31-6-3-1-2-4-7-31)28-15-10-17-21(26-11-15)22-20(23(35)29-17)25-33(30-22)13-18(37-25)16-12-27-32-8-5-9-36-24(16)32/h10-13H,1-9,14H2,(H,28,34)(H,29,35). The van der Waals surface area contributed by atoms with Gasteiger partial charge in [0.15, 0.2) is 0 Å². The smallest absolute Gasteiger partial charge is 0.261 e. The molecule has 0 bridgehead atoms. The van der Waals surface area contributed by atoms with Gasteiger partial charge in [0.1, 0.15) is 21.3 Å². The lowest BCUT2D eigenvalue weighted by Crippen LogP contribution is -2.33. The second-order valence-corrected chi connectivity index (χ2v) is 10.7. The van der Waals surface area contributed by atoms with Gasteiger partial charge in [0.25, 0.3) is 5.56 Å². The molecule has 1 fully saturated rings. The molecule has 0 spiro atoms. The number of aromatic nitrogens is 6. The summed E-state index contributed by atoms with van der Waals surface area (Å²) < 4.78 is 9.44. The number of nitrogens with one attached hydrogen (secondary N) is 2. The van der Waals surface area contributed by atoms with Crippen molar-refractivity contribution in [3.8, 4) is 16.3 Å². The average Bonchev–Trinajstić information content (AvgIpc) is 3.52. The molecular weight excluding hydrogens is 492 g/mol. The highest BCUT2D eigenvalue weighted by molar-refractivity contribution is 7.21. The Kier molecular flexibility index (Phi) is 5.43. The Morgan fingerprint density at radius 2 is 1.97 bits per heavy atom. The van der Waals surface area contributed by atoms with E-state index in [1.807, 2.05) is 10.9 Å². The van der Waals surface area contributed by atoms with Crippen molar-refractivity contribution in [2.45, 2.75) is 38.6 Å². The minimum atomic E-state index is -0.242. The Bertz CT molecular complexity index is 1710. The van der Waals surface area contributed by atoms with E-state index in [9.17, 15) is 9.59 Å². The Morgan fingerprint density at radius 1 is 1.11 bits per heavy atom. The van der Waals surface area contributed by atoms with Crippen molar-refractivity contribution in [1.82, 2.24) is 34.3 Å². The fraction of sp³-hybridized carbons (Fsp3) is 0.400. The lowest BCUT2D eigenvalue weighted by molar-refractivity contribution is -0.117. The maximum absolute atomic E-state index is 13.2. The molecule has 0 aliphatic carbocycles. The topological polar surface area (TPSA) is 122 Å². The number of nitrogens with zero attached hydrogens (tertiary/aromatic N) is 6. The number of hydrogen-bond donors (Lipinski definition) is 2. The van der Waals surface area contributed by atoms with Crippen molar-refractivity contribution in [2.75, 3.05) is 31.6 Å². The first-order valence-electron chi connectivity index (χ1n) is 12.7. The van der Waals surface area contributed by atoms with E-state index in [0.29, 0.717) is 40.8 Å². The first-order chi connectivity index (χ1) is 18.1. The summed E-state index contributed by atoms with van der Waals surface area (Å²) in [6.07, 6.45) is 11.0. The van der Waals surface area contributed by atoms with E-state index in [1.165, 1.54) is 24.2 Å². The second kappa shape index (κ2) is 8.96. The van der Waals surface area contributed by atoms with E-state index in [-0.39, 0.29) is 11.5 Å². The van der Waals surface area contributed by atoms with Gasteiger partial charge in [0, 0.05) is 19.2 Å². The van der Waals surface area contributed by atoms with Gasteiger partial charge in [0.05, 0.1) is 47.2 Å². The summed E-state index contributed by atoms with van der Waals surface area (Å²) in [6.45, 7) is 3.76. The van der Waals surface area contributed by atoms with Crippen LogP contribution in [-0.4, -0.2) is 66.4 Å². The molecule has 1 amide bonds. The molecule has 0 saturated carbocycles. The number of hydrogen-bond acceptors (Lipinski definition) is 8. The molecule has 2 aliphatic rings. The number of amides is 1. The summed E-state index contributed by atoms with van der Waals surface area (Å²) >= 11 is 1.47. The van der Waals surface area contributed by atoms with Gasteiger partial charge in [-0.1, -0.05) is 12.8 Å². The number of carbonyl (C=O) groups excluding carboxylic acids is 1. The highest BCUT2D eigenvalue weighted by atomic mass is 32.1. The molecular formula is C25H26N8O3S. The molecule has 1 saturated heterocycles. The van der Waals surface area contributed by atoms with Gasteiger partial charge in [-0.25, -0.2) is 9.20 Å². The maximum atomic E-state index is 13.2. The molecule has 5 aromatic heterocycles. The van der Waals surface area contributed by atoms with E-state index in [2.05, 4.69) is 25.3 Å². The van der Waals surface area contributed by atoms with E-state index in [4.69, 9.17) is 9.84 Å². The number of rotatable bonds is 4. The molecule has 12 heteroatoms. The number of ether oxygens (including phenoxy) is 1. The number of likely N-dealkylation sites (tertiary alicyclic amines) is 1. The Balaban J connectivity index is 1.20. The molecule has 5 aromatic rings. The number of aryl methyl sites for hydroxylation is 1. The number of fused-ring (bicyclic) bond motifs is 6. The highest BCUT2D eigenvalue weighted by Crippen LogP contribution is 2.38. The first kappa shape index (κ1) is 22.4. The number of pyridine rings is 2. The molecule has 0 atom stereocenters. The Hall–Kier alpha value is -3.77. The van der Waals surface area contributed by atoms with E-state index < -0.39 is 0 Å². The van der Waals surface area contributed by atoms with Gasteiger partial charge >= 0.3 is 0 Å². The number of anilines is 1. The quantitative estimate of drug-likeness (QED) is 0.374. The van der Waals surface area contributed by atoms with Crippen LogP contribution < -0.4 is 15.6 Å². The van der Waals surface area contributed by atoms with Crippen LogP contribution in [0.4, 0.5) is 5.69 Å². The molecule has 37 heavy (non-hydrogen) atoms. The summed E-state index contributed by atoms with van der Waals surface area (Å²) in [5.41, 5.74) is 2.87. The molecule has 190 valence electrons. The van der Waals surface area contributed by atoms with Gasteiger partial charge in [-0.15, -0.1) is 11.3 Å². The normalized spacial score (nSPS) is 16.6. The number of H-pyrrole nitrogens is 1. The number of aromatic amines is 1. The molecule has 7 rings (SSSR count). The SMILES string of the molecule is O=C(CN1CCCCCC1)Nc1cnc2c(c1)[nH]c(=O)c1c2nn2cc(-c3cnn4c3OCCC4)sc12. The molecule has 0 unspecified atom stereocenters. The predicted molar refractivity (Wildman–Crippen MR) is 141 cm³/mol. The third kappa shape index (κ3) is 3.96. The highest BCUT2D eigenvalue weighted by Gasteiger charge is 2.22. The third-order valence-electron chi connectivity index (χ3n) is 7.06. The average molecular weight is 519 g/mol. The van der Waals surface area contributed by atoms with Crippen molar-refractivity contribution in [3.05, 3.63) is 35.0 Å². The molecule has 11 nitrogen and oxygen atoms in total. The lowest BCUT2D eigenvalue weighted by Gasteiger charge is -2.18. The van der Waals surface area contributed by atoms with Gasteiger partial charge in [-0.3, -0.25) is 19.5 Å².